The first-order valence-electron chi connectivity index (χ1n) is 7.17. The Balaban J connectivity index is 2.07. The molecule has 1 amide bonds. The molecule has 1 aromatic carbocycles. The Morgan fingerprint density at radius 1 is 1.45 bits per heavy atom. The third kappa shape index (κ3) is 4.91. The van der Waals surface area contributed by atoms with Crippen molar-refractivity contribution in [2.45, 2.75) is 25.9 Å². The number of halogens is 3. The fourth-order valence-corrected chi connectivity index (χ4v) is 2.32. The van der Waals surface area contributed by atoms with Crippen LogP contribution < -0.4 is 15.4 Å². The van der Waals surface area contributed by atoms with Gasteiger partial charge in [0.25, 0.3) is 0 Å². The van der Waals surface area contributed by atoms with Crippen molar-refractivity contribution < 1.29 is 22.7 Å². The van der Waals surface area contributed by atoms with Crippen LogP contribution in [0.1, 0.15) is 18.4 Å². The third-order valence-electron chi connectivity index (χ3n) is 3.45. The van der Waals surface area contributed by atoms with Crippen LogP contribution in [0.5, 0.6) is 5.75 Å². The smallest absolute Gasteiger partial charge is 0.422 e. The van der Waals surface area contributed by atoms with Crippen molar-refractivity contribution >= 4 is 11.6 Å². The largest absolute Gasteiger partial charge is 0.482 e. The van der Waals surface area contributed by atoms with Crippen molar-refractivity contribution in [1.29, 1.82) is 0 Å². The van der Waals surface area contributed by atoms with Gasteiger partial charge >= 0.3 is 6.18 Å². The normalized spacial score (nSPS) is 18.8. The Hall–Kier alpha value is -1.76. The van der Waals surface area contributed by atoms with Crippen LogP contribution >= 0.6 is 0 Å². The Labute approximate surface area is 127 Å². The van der Waals surface area contributed by atoms with E-state index < -0.39 is 12.8 Å². The maximum atomic E-state index is 12.3. The van der Waals surface area contributed by atoms with Gasteiger partial charge in [-0.3, -0.25) is 4.79 Å². The number of hydrogen-bond acceptors (Lipinski definition) is 3. The van der Waals surface area contributed by atoms with E-state index >= 15 is 0 Å². The summed E-state index contributed by atoms with van der Waals surface area (Å²) in [5.41, 5.74) is 1.03. The Morgan fingerprint density at radius 3 is 2.86 bits per heavy atom. The van der Waals surface area contributed by atoms with Gasteiger partial charge in [-0.25, -0.2) is 0 Å². The summed E-state index contributed by atoms with van der Waals surface area (Å²) in [7, 11) is 0. The Kier molecular flexibility index (Phi) is 5.28. The number of anilines is 1. The first-order valence-corrected chi connectivity index (χ1v) is 7.17. The van der Waals surface area contributed by atoms with Gasteiger partial charge in [0.2, 0.25) is 5.91 Å². The van der Waals surface area contributed by atoms with Gasteiger partial charge in [0.1, 0.15) is 5.75 Å². The molecule has 1 aliphatic heterocycles. The van der Waals surface area contributed by atoms with Crippen LogP contribution in [0, 0.1) is 12.8 Å². The number of alkyl halides is 3. The van der Waals surface area contributed by atoms with Gasteiger partial charge in [0, 0.05) is 6.54 Å². The lowest BCUT2D eigenvalue weighted by Gasteiger charge is -2.22. The minimum Gasteiger partial charge on any atom is -0.482 e. The molecule has 122 valence electrons. The molecule has 4 nitrogen and oxygen atoms in total. The van der Waals surface area contributed by atoms with Gasteiger partial charge in [-0.05, 0) is 44.0 Å². The van der Waals surface area contributed by atoms with Crippen LogP contribution in [0.25, 0.3) is 0 Å². The highest BCUT2D eigenvalue weighted by Gasteiger charge is 2.29. The van der Waals surface area contributed by atoms with E-state index in [0.29, 0.717) is 6.54 Å². The third-order valence-corrected chi connectivity index (χ3v) is 3.45. The molecule has 0 saturated carbocycles. The molecule has 1 fully saturated rings. The van der Waals surface area contributed by atoms with Gasteiger partial charge in [-0.15, -0.1) is 0 Å². The van der Waals surface area contributed by atoms with Crippen LogP contribution in [-0.4, -0.2) is 31.8 Å². The second-order valence-electron chi connectivity index (χ2n) is 5.44. The average Bonchev–Trinajstić information content (AvgIpc) is 2.47. The summed E-state index contributed by atoms with van der Waals surface area (Å²) >= 11 is 0. The number of hydrogen-bond donors (Lipinski definition) is 2. The number of carbonyl (C=O) groups is 1. The average molecular weight is 316 g/mol. The van der Waals surface area contributed by atoms with Crippen LogP contribution in [0.4, 0.5) is 18.9 Å². The molecule has 2 N–H and O–H groups in total. The van der Waals surface area contributed by atoms with Gasteiger partial charge < -0.3 is 15.4 Å². The number of nitrogens with one attached hydrogen (secondary N) is 2. The number of rotatable bonds is 4. The van der Waals surface area contributed by atoms with E-state index in [1.807, 2.05) is 0 Å². The fourth-order valence-electron chi connectivity index (χ4n) is 2.32. The summed E-state index contributed by atoms with van der Waals surface area (Å²) in [4.78, 5) is 12.2. The summed E-state index contributed by atoms with van der Waals surface area (Å²) < 4.78 is 41.7. The minimum absolute atomic E-state index is 0.0365. The molecule has 0 radical (unpaired) electrons. The van der Waals surface area contributed by atoms with Crippen molar-refractivity contribution in [3.05, 3.63) is 23.8 Å². The van der Waals surface area contributed by atoms with E-state index in [1.54, 1.807) is 19.1 Å². The summed E-state index contributed by atoms with van der Waals surface area (Å²) in [5, 5.41) is 5.80. The van der Waals surface area contributed by atoms with Gasteiger partial charge in [-0.1, -0.05) is 6.07 Å². The molecule has 0 aliphatic carbocycles. The van der Waals surface area contributed by atoms with E-state index in [4.69, 9.17) is 4.74 Å². The van der Waals surface area contributed by atoms with Crippen molar-refractivity contribution in [3.63, 3.8) is 0 Å². The number of benzene rings is 1. The molecular formula is C15H19F3N2O2. The standard InChI is InChI=1S/C15H19F3N2O2/c1-10-4-5-12(13(7-10)22-9-15(16,17)18)20-14(21)11-3-2-6-19-8-11/h4-5,7,11,19H,2-3,6,8-9H2,1H3,(H,20,21). The number of carbonyl (C=O) groups excluding carboxylic acids is 1. The molecule has 0 aromatic heterocycles. The predicted molar refractivity (Wildman–Crippen MR) is 77.0 cm³/mol. The van der Waals surface area contributed by atoms with Crippen LogP contribution in [0.2, 0.25) is 0 Å². The van der Waals surface area contributed by atoms with E-state index in [0.717, 1.165) is 24.9 Å². The zero-order chi connectivity index (χ0) is 16.2. The molecule has 1 aliphatic rings. The monoisotopic (exact) mass is 316 g/mol. The molecule has 1 heterocycles. The first kappa shape index (κ1) is 16.6. The van der Waals surface area contributed by atoms with E-state index in [2.05, 4.69) is 10.6 Å². The topological polar surface area (TPSA) is 50.4 Å². The van der Waals surface area contributed by atoms with E-state index in [9.17, 15) is 18.0 Å². The lowest BCUT2D eigenvalue weighted by molar-refractivity contribution is -0.153. The molecule has 1 aromatic rings. The maximum absolute atomic E-state index is 12.3. The number of ether oxygens (including phenoxy) is 1. The van der Waals surface area contributed by atoms with Crippen LogP contribution in [0.3, 0.4) is 0 Å². The van der Waals surface area contributed by atoms with E-state index in [1.165, 1.54) is 6.07 Å². The molecule has 1 unspecified atom stereocenters. The molecule has 1 atom stereocenters. The Bertz CT molecular complexity index is 526. The zero-order valence-electron chi connectivity index (χ0n) is 12.3. The predicted octanol–water partition coefficient (Wildman–Crippen LogP) is 2.87. The number of piperidine rings is 1. The van der Waals surface area contributed by atoms with Crippen molar-refractivity contribution in [3.8, 4) is 5.75 Å². The highest BCUT2D eigenvalue weighted by Crippen LogP contribution is 2.28. The maximum Gasteiger partial charge on any atom is 0.422 e. The second kappa shape index (κ2) is 7.00. The van der Waals surface area contributed by atoms with Gasteiger partial charge in [-0.2, -0.15) is 13.2 Å². The summed E-state index contributed by atoms with van der Waals surface area (Å²) in [6.07, 6.45) is -2.74. The molecule has 22 heavy (non-hydrogen) atoms. The van der Waals surface area contributed by atoms with Gasteiger partial charge in [0.15, 0.2) is 6.61 Å². The SMILES string of the molecule is Cc1ccc(NC(=O)C2CCCNC2)c(OCC(F)(F)F)c1. The first-order chi connectivity index (χ1) is 10.3. The van der Waals surface area contributed by atoms with E-state index in [-0.39, 0.29) is 23.3 Å². The molecule has 0 bridgehead atoms. The molecular weight excluding hydrogens is 297 g/mol. The summed E-state index contributed by atoms with van der Waals surface area (Å²) in [6, 6.07) is 4.77. The highest BCUT2D eigenvalue weighted by molar-refractivity contribution is 5.94. The fraction of sp³-hybridized carbons (Fsp3) is 0.533. The summed E-state index contributed by atoms with van der Waals surface area (Å²) in [5.74, 6) is -0.340. The lowest BCUT2D eigenvalue weighted by atomic mass is 9.98. The molecule has 0 spiro atoms. The highest BCUT2D eigenvalue weighted by atomic mass is 19.4. The molecule has 1 saturated heterocycles. The van der Waals surface area contributed by atoms with Crippen molar-refractivity contribution in [2.24, 2.45) is 5.92 Å². The Morgan fingerprint density at radius 2 is 2.23 bits per heavy atom. The quantitative estimate of drug-likeness (QED) is 0.898. The van der Waals surface area contributed by atoms with Crippen molar-refractivity contribution in [2.75, 3.05) is 25.0 Å². The molecule has 7 heteroatoms. The lowest BCUT2D eigenvalue weighted by Crippen LogP contribution is -2.37. The zero-order valence-corrected chi connectivity index (χ0v) is 12.3. The molecule has 2 rings (SSSR count). The minimum atomic E-state index is -4.42. The number of aryl methyl sites for hydroxylation is 1. The second-order valence-corrected chi connectivity index (χ2v) is 5.44. The van der Waals surface area contributed by atoms with Crippen LogP contribution in [-0.2, 0) is 4.79 Å². The summed E-state index contributed by atoms with van der Waals surface area (Å²) in [6.45, 7) is 1.83. The van der Waals surface area contributed by atoms with Crippen molar-refractivity contribution in [1.82, 2.24) is 5.32 Å². The van der Waals surface area contributed by atoms with Gasteiger partial charge in [0.05, 0.1) is 11.6 Å². The van der Waals surface area contributed by atoms with Crippen LogP contribution in [0.15, 0.2) is 18.2 Å². The number of amides is 1.